The van der Waals surface area contributed by atoms with E-state index in [1.807, 2.05) is 0 Å². The van der Waals surface area contributed by atoms with Gasteiger partial charge in [0.2, 0.25) is 0 Å². The fourth-order valence-corrected chi connectivity index (χ4v) is 2.34. The number of ether oxygens (including phenoxy) is 1. The van der Waals surface area contributed by atoms with Crippen LogP contribution in [0.15, 0.2) is 0 Å². The zero-order valence-corrected chi connectivity index (χ0v) is 8.09. The molecule has 2 rings (SSSR count). The molecular weight excluding hydrogens is 166 g/mol. The highest BCUT2D eigenvalue weighted by Gasteiger charge is 2.38. The lowest BCUT2D eigenvalue weighted by Gasteiger charge is -2.42. The minimum absolute atomic E-state index is 0.226. The molecule has 76 valence electrons. The van der Waals surface area contributed by atoms with Crippen molar-refractivity contribution < 1.29 is 4.74 Å². The van der Waals surface area contributed by atoms with E-state index in [0.717, 1.165) is 45.9 Å². The summed E-state index contributed by atoms with van der Waals surface area (Å²) in [5.41, 5.74) is 6.10. The predicted octanol–water partition coefficient (Wildman–Crippen LogP) is -0.991. The molecule has 2 fully saturated rings. The largest absolute Gasteiger partial charge is 0.379 e. The number of morpholine rings is 1. The van der Waals surface area contributed by atoms with E-state index >= 15 is 0 Å². The number of hydrogen-bond donors (Lipinski definition) is 2. The Morgan fingerprint density at radius 2 is 2.15 bits per heavy atom. The van der Waals surface area contributed by atoms with Crippen LogP contribution in [-0.4, -0.2) is 56.4 Å². The van der Waals surface area contributed by atoms with Gasteiger partial charge in [-0.3, -0.25) is 4.90 Å². The van der Waals surface area contributed by atoms with Crippen LogP contribution in [0.3, 0.4) is 0 Å². The minimum atomic E-state index is 0.226. The summed E-state index contributed by atoms with van der Waals surface area (Å²) < 4.78 is 5.35. The van der Waals surface area contributed by atoms with Gasteiger partial charge in [-0.25, -0.2) is 0 Å². The van der Waals surface area contributed by atoms with Crippen molar-refractivity contribution in [1.29, 1.82) is 0 Å². The maximum atomic E-state index is 5.88. The molecule has 1 atom stereocenters. The molecule has 0 aliphatic carbocycles. The lowest BCUT2D eigenvalue weighted by atomic mass is 9.96. The molecule has 2 aliphatic rings. The van der Waals surface area contributed by atoms with Crippen molar-refractivity contribution in [3.63, 3.8) is 0 Å². The third kappa shape index (κ3) is 1.72. The van der Waals surface area contributed by atoms with Gasteiger partial charge >= 0.3 is 0 Å². The van der Waals surface area contributed by atoms with Crippen molar-refractivity contribution in [2.75, 3.05) is 45.9 Å². The molecular formula is C9H19N3O. The van der Waals surface area contributed by atoms with Gasteiger partial charge in [0.05, 0.1) is 13.2 Å². The van der Waals surface area contributed by atoms with Gasteiger partial charge in [-0.15, -0.1) is 0 Å². The van der Waals surface area contributed by atoms with E-state index in [4.69, 9.17) is 10.5 Å². The van der Waals surface area contributed by atoms with E-state index in [1.54, 1.807) is 0 Å². The van der Waals surface area contributed by atoms with Gasteiger partial charge in [-0.2, -0.15) is 0 Å². The first kappa shape index (κ1) is 9.40. The molecule has 3 N–H and O–H groups in total. The van der Waals surface area contributed by atoms with Crippen molar-refractivity contribution >= 4 is 0 Å². The smallest absolute Gasteiger partial charge is 0.0594 e. The Morgan fingerprint density at radius 3 is 2.69 bits per heavy atom. The number of rotatable bonds is 2. The lowest BCUT2D eigenvalue weighted by Crippen LogP contribution is -2.58. The third-order valence-electron chi connectivity index (χ3n) is 3.28. The van der Waals surface area contributed by atoms with Crippen molar-refractivity contribution in [3.8, 4) is 0 Å². The first-order chi connectivity index (χ1) is 6.37. The van der Waals surface area contributed by atoms with Crippen LogP contribution in [0.5, 0.6) is 0 Å². The SMILES string of the molecule is NCC1(N2CCOCC2)CCNC1. The van der Waals surface area contributed by atoms with Gasteiger partial charge in [0, 0.05) is 31.7 Å². The van der Waals surface area contributed by atoms with E-state index in [1.165, 1.54) is 6.42 Å². The first-order valence-corrected chi connectivity index (χ1v) is 5.11. The van der Waals surface area contributed by atoms with Crippen molar-refractivity contribution in [2.24, 2.45) is 5.73 Å². The van der Waals surface area contributed by atoms with Gasteiger partial charge in [0.25, 0.3) is 0 Å². The van der Waals surface area contributed by atoms with Gasteiger partial charge in [0.15, 0.2) is 0 Å². The summed E-state index contributed by atoms with van der Waals surface area (Å²) in [6.07, 6.45) is 1.18. The monoisotopic (exact) mass is 185 g/mol. The first-order valence-electron chi connectivity index (χ1n) is 5.11. The minimum Gasteiger partial charge on any atom is -0.379 e. The van der Waals surface area contributed by atoms with E-state index in [0.29, 0.717) is 0 Å². The van der Waals surface area contributed by atoms with Crippen molar-refractivity contribution in [1.82, 2.24) is 10.2 Å². The highest BCUT2D eigenvalue weighted by molar-refractivity contribution is 4.99. The average Bonchev–Trinajstić information content (AvgIpc) is 2.69. The van der Waals surface area contributed by atoms with Crippen LogP contribution in [0.2, 0.25) is 0 Å². The molecule has 0 spiro atoms. The molecule has 2 saturated heterocycles. The summed E-state index contributed by atoms with van der Waals surface area (Å²) >= 11 is 0. The second-order valence-corrected chi connectivity index (χ2v) is 3.95. The standard InChI is InChI=1S/C9H19N3O/c10-7-9(1-2-11-8-9)12-3-5-13-6-4-12/h11H,1-8,10H2. The molecule has 1 unspecified atom stereocenters. The van der Waals surface area contributed by atoms with E-state index in [-0.39, 0.29) is 5.54 Å². The summed E-state index contributed by atoms with van der Waals surface area (Å²) in [6.45, 7) is 6.72. The fraction of sp³-hybridized carbons (Fsp3) is 1.00. The van der Waals surface area contributed by atoms with Crippen LogP contribution in [0, 0.1) is 0 Å². The van der Waals surface area contributed by atoms with Gasteiger partial charge in [0.1, 0.15) is 0 Å². The Kier molecular flexibility index (Phi) is 2.83. The topological polar surface area (TPSA) is 50.5 Å². The maximum absolute atomic E-state index is 5.88. The highest BCUT2D eigenvalue weighted by atomic mass is 16.5. The summed E-state index contributed by atoms with van der Waals surface area (Å²) in [5, 5.41) is 3.40. The lowest BCUT2D eigenvalue weighted by molar-refractivity contribution is -0.0127. The van der Waals surface area contributed by atoms with Gasteiger partial charge in [-0.05, 0) is 13.0 Å². The van der Waals surface area contributed by atoms with Crippen LogP contribution in [0.1, 0.15) is 6.42 Å². The highest BCUT2D eigenvalue weighted by Crippen LogP contribution is 2.22. The molecule has 0 bridgehead atoms. The maximum Gasteiger partial charge on any atom is 0.0594 e. The second-order valence-electron chi connectivity index (χ2n) is 3.95. The molecule has 0 amide bonds. The third-order valence-corrected chi connectivity index (χ3v) is 3.28. The molecule has 0 aromatic carbocycles. The number of hydrogen-bond acceptors (Lipinski definition) is 4. The van der Waals surface area contributed by atoms with Crippen LogP contribution in [0.4, 0.5) is 0 Å². The van der Waals surface area contributed by atoms with Crippen molar-refractivity contribution in [3.05, 3.63) is 0 Å². The number of nitrogens with two attached hydrogens (primary N) is 1. The van der Waals surface area contributed by atoms with E-state index in [9.17, 15) is 0 Å². The van der Waals surface area contributed by atoms with Crippen LogP contribution < -0.4 is 11.1 Å². The Balaban J connectivity index is 2.01. The van der Waals surface area contributed by atoms with Crippen LogP contribution in [-0.2, 0) is 4.74 Å². The Hall–Kier alpha value is -0.160. The molecule has 0 radical (unpaired) electrons. The summed E-state index contributed by atoms with van der Waals surface area (Å²) in [5.74, 6) is 0. The van der Waals surface area contributed by atoms with Crippen molar-refractivity contribution in [2.45, 2.75) is 12.0 Å². The van der Waals surface area contributed by atoms with Gasteiger partial charge in [-0.1, -0.05) is 0 Å². The quantitative estimate of drug-likeness (QED) is 0.580. The molecule has 0 saturated carbocycles. The Bertz CT molecular complexity index is 162. The number of nitrogens with zero attached hydrogens (tertiary/aromatic N) is 1. The average molecular weight is 185 g/mol. The van der Waals surface area contributed by atoms with Crippen LogP contribution >= 0.6 is 0 Å². The molecule has 2 heterocycles. The predicted molar refractivity (Wildman–Crippen MR) is 51.7 cm³/mol. The molecule has 4 heteroatoms. The second kappa shape index (κ2) is 3.92. The van der Waals surface area contributed by atoms with E-state index < -0.39 is 0 Å². The summed E-state index contributed by atoms with van der Waals surface area (Å²) in [6, 6.07) is 0. The molecule has 13 heavy (non-hydrogen) atoms. The van der Waals surface area contributed by atoms with E-state index in [2.05, 4.69) is 10.2 Å². The molecule has 4 nitrogen and oxygen atoms in total. The molecule has 0 aromatic heterocycles. The number of nitrogens with one attached hydrogen (secondary N) is 1. The normalized spacial score (nSPS) is 36.7. The molecule has 0 aromatic rings. The Labute approximate surface area is 79.4 Å². The zero-order chi connectivity index (χ0) is 9.15. The molecule has 2 aliphatic heterocycles. The summed E-state index contributed by atoms with van der Waals surface area (Å²) in [4.78, 5) is 2.50. The van der Waals surface area contributed by atoms with Gasteiger partial charge < -0.3 is 15.8 Å². The fourth-order valence-electron chi connectivity index (χ4n) is 2.34. The van der Waals surface area contributed by atoms with Crippen LogP contribution in [0.25, 0.3) is 0 Å². The Morgan fingerprint density at radius 1 is 1.38 bits per heavy atom. The zero-order valence-electron chi connectivity index (χ0n) is 8.09. The summed E-state index contributed by atoms with van der Waals surface area (Å²) in [7, 11) is 0.